The van der Waals surface area contributed by atoms with E-state index in [9.17, 15) is 0 Å². The van der Waals surface area contributed by atoms with Crippen molar-refractivity contribution >= 4 is 43.6 Å². The Balaban J connectivity index is 1.78. The molecule has 2 heteroatoms. The zero-order valence-electron chi connectivity index (χ0n) is 26.7. The maximum atomic E-state index is 8.79. The quantitative estimate of drug-likeness (QED) is 0.270. The van der Waals surface area contributed by atoms with Crippen LogP contribution in [0.25, 0.3) is 55.0 Å². The fourth-order valence-corrected chi connectivity index (χ4v) is 4.69. The van der Waals surface area contributed by atoms with Crippen molar-refractivity contribution in [2.75, 3.05) is 0 Å². The van der Waals surface area contributed by atoms with Crippen molar-refractivity contribution in [1.82, 2.24) is 9.13 Å². The molecule has 5 aromatic carbocycles. The van der Waals surface area contributed by atoms with Gasteiger partial charge >= 0.3 is 0 Å². The summed E-state index contributed by atoms with van der Waals surface area (Å²) in [6.07, 6.45) is 0. The van der Waals surface area contributed by atoms with Crippen LogP contribution in [0, 0.1) is 0 Å². The first-order valence-electron chi connectivity index (χ1n) is 15.2. The highest BCUT2D eigenvalue weighted by atomic mass is 15.0. The minimum Gasteiger partial charge on any atom is -0.309 e. The van der Waals surface area contributed by atoms with Crippen LogP contribution >= 0.6 is 0 Å². The lowest BCUT2D eigenvalue weighted by Gasteiger charge is -2.09. The molecule has 0 fully saturated rings. The van der Waals surface area contributed by atoms with Gasteiger partial charge in [0, 0.05) is 32.9 Å². The molecule has 2 heterocycles. The van der Waals surface area contributed by atoms with E-state index >= 15 is 0 Å². The third-order valence-electron chi connectivity index (χ3n) is 5.89. The van der Waals surface area contributed by atoms with E-state index in [2.05, 4.69) is 0 Å². The fraction of sp³-hybridized carbons (Fsp3) is 0. The first-order valence-corrected chi connectivity index (χ1v) is 10.2. The maximum absolute atomic E-state index is 8.79. The average molecular weight is 419 g/mol. The minimum atomic E-state index is -0.488. The summed E-state index contributed by atoms with van der Waals surface area (Å²) < 4.78 is 87.8. The molecule has 7 rings (SSSR count). The van der Waals surface area contributed by atoms with Crippen molar-refractivity contribution in [3.05, 3.63) is 121 Å². The Bertz CT molecular complexity index is 2260. The lowest BCUT2D eigenvalue weighted by Crippen LogP contribution is -1.95. The summed E-state index contributed by atoms with van der Waals surface area (Å²) in [6, 6.07) is 14.2. The van der Waals surface area contributed by atoms with E-state index in [0.717, 1.165) is 10.8 Å². The second-order valence-corrected chi connectivity index (χ2v) is 7.51. The molecule has 0 saturated heterocycles. The molecule has 0 aliphatic heterocycles. The van der Waals surface area contributed by atoms with Gasteiger partial charge in [0.25, 0.3) is 0 Å². The number of benzene rings is 5. The van der Waals surface area contributed by atoms with Gasteiger partial charge in [0.05, 0.1) is 35.8 Å². The van der Waals surface area contributed by atoms with E-state index in [1.165, 1.54) is 0 Å². The molecule has 0 bridgehead atoms. The Morgan fingerprint density at radius 2 is 1.03 bits per heavy atom. The third kappa shape index (κ3) is 2.29. The Kier molecular flexibility index (Phi) is 2.13. The van der Waals surface area contributed by atoms with Gasteiger partial charge in [-0.15, -0.1) is 0 Å². The standard InChI is InChI=1S/C30H20N2/c1-3-11-21(12-4-1)31-27-18-10-8-16-25(27)29-28(31)20-19-24-23-15-7-9-17-26(23)32(30(24)29)22-13-5-2-6-14-22/h1-20H/i1D,2D,3D,4D,5D,6D,11D,12D,13D,14D. The predicted molar refractivity (Wildman–Crippen MR) is 135 cm³/mol. The topological polar surface area (TPSA) is 9.86 Å². The number of hydrogen-bond acceptors (Lipinski definition) is 0. The second-order valence-electron chi connectivity index (χ2n) is 7.51. The van der Waals surface area contributed by atoms with Crippen molar-refractivity contribution < 1.29 is 13.7 Å². The number of aromatic nitrogens is 2. The number of hydrogen-bond donors (Lipinski definition) is 0. The largest absolute Gasteiger partial charge is 0.309 e. The van der Waals surface area contributed by atoms with Crippen molar-refractivity contribution in [1.29, 1.82) is 0 Å². The second kappa shape index (κ2) is 6.60. The highest BCUT2D eigenvalue weighted by Gasteiger charge is 2.20. The van der Waals surface area contributed by atoms with Gasteiger partial charge in [0.2, 0.25) is 0 Å². The highest BCUT2D eigenvalue weighted by molar-refractivity contribution is 6.26. The summed E-state index contributed by atoms with van der Waals surface area (Å²) in [5.74, 6) is 0. The smallest absolute Gasteiger partial charge is 0.0645 e. The predicted octanol–water partition coefficient (Wildman–Crippen LogP) is 7.88. The summed E-state index contributed by atoms with van der Waals surface area (Å²) in [5, 5.41) is 2.94. The lowest BCUT2D eigenvalue weighted by molar-refractivity contribution is 1.17. The SMILES string of the molecule is [2H]c1c([2H])c([2H])c(-n2c3ccccc3c3c2ccc2c4ccccc4n(-c4c([2H])c([2H])c([2H])c([2H])c4[2H])c23)c([2H])c1[2H]. The summed E-state index contributed by atoms with van der Waals surface area (Å²) >= 11 is 0. The van der Waals surface area contributed by atoms with Crippen LogP contribution in [0.2, 0.25) is 0 Å². The van der Waals surface area contributed by atoms with Gasteiger partial charge in [-0.25, -0.2) is 0 Å². The molecule has 2 aromatic heterocycles. The number of rotatable bonds is 2. The molecule has 0 atom stereocenters. The van der Waals surface area contributed by atoms with Crippen LogP contribution in [-0.4, -0.2) is 9.13 Å². The molecule has 32 heavy (non-hydrogen) atoms. The molecular weight excluding hydrogens is 388 g/mol. The maximum Gasteiger partial charge on any atom is 0.0645 e. The van der Waals surface area contributed by atoms with E-state index in [1.807, 2.05) is 48.5 Å². The lowest BCUT2D eigenvalue weighted by atomic mass is 10.1. The van der Waals surface area contributed by atoms with E-state index in [0.29, 0.717) is 32.8 Å². The summed E-state index contributed by atoms with van der Waals surface area (Å²) in [7, 11) is 0. The first-order chi connectivity index (χ1) is 20.1. The van der Waals surface area contributed by atoms with Gasteiger partial charge in [0.1, 0.15) is 0 Å². The van der Waals surface area contributed by atoms with Crippen LogP contribution in [0.1, 0.15) is 13.7 Å². The number of fused-ring (bicyclic) bond motifs is 7. The van der Waals surface area contributed by atoms with Crippen LogP contribution in [-0.2, 0) is 0 Å². The molecule has 0 aliphatic carbocycles. The molecule has 0 saturated carbocycles. The molecule has 2 nitrogen and oxygen atoms in total. The van der Waals surface area contributed by atoms with E-state index < -0.39 is 36.3 Å². The molecule has 0 N–H and O–H groups in total. The van der Waals surface area contributed by atoms with Crippen molar-refractivity contribution in [2.24, 2.45) is 0 Å². The van der Waals surface area contributed by atoms with Crippen LogP contribution in [0.5, 0.6) is 0 Å². The highest BCUT2D eigenvalue weighted by Crippen LogP contribution is 2.41. The van der Waals surface area contributed by atoms with Crippen LogP contribution in [0.4, 0.5) is 0 Å². The van der Waals surface area contributed by atoms with Gasteiger partial charge in [-0.05, 0) is 42.4 Å². The Morgan fingerprint density at radius 3 is 1.72 bits per heavy atom. The summed E-state index contributed by atoms with van der Waals surface area (Å²) in [5.41, 5.74) is 2.35. The van der Waals surface area contributed by atoms with E-state index in [4.69, 9.17) is 13.7 Å². The van der Waals surface area contributed by atoms with Gasteiger partial charge in [-0.1, -0.05) is 78.7 Å². The minimum absolute atomic E-state index is 0.000611. The van der Waals surface area contributed by atoms with Gasteiger partial charge < -0.3 is 9.13 Å². The van der Waals surface area contributed by atoms with Crippen molar-refractivity contribution in [2.45, 2.75) is 0 Å². The van der Waals surface area contributed by atoms with E-state index in [1.54, 1.807) is 21.3 Å². The Hall–Kier alpha value is -4.30. The summed E-state index contributed by atoms with van der Waals surface area (Å²) in [4.78, 5) is 0. The third-order valence-corrected chi connectivity index (χ3v) is 5.89. The van der Waals surface area contributed by atoms with Crippen molar-refractivity contribution in [3.8, 4) is 11.4 Å². The normalized spacial score (nSPS) is 16.1. The fourth-order valence-electron chi connectivity index (χ4n) is 4.69. The number of para-hydroxylation sites is 4. The first kappa shape index (κ1) is 10.3. The Labute approximate surface area is 199 Å². The molecule has 0 aliphatic rings. The molecule has 0 unspecified atom stereocenters. The molecular formula is C30H20N2. The summed E-state index contributed by atoms with van der Waals surface area (Å²) in [6.45, 7) is 0. The Morgan fingerprint density at radius 1 is 0.469 bits per heavy atom. The monoisotopic (exact) mass is 418 g/mol. The van der Waals surface area contributed by atoms with Crippen LogP contribution in [0.3, 0.4) is 0 Å². The van der Waals surface area contributed by atoms with Gasteiger partial charge in [-0.2, -0.15) is 0 Å². The molecule has 150 valence electrons. The van der Waals surface area contributed by atoms with Gasteiger partial charge in [-0.3, -0.25) is 0 Å². The van der Waals surface area contributed by atoms with Crippen molar-refractivity contribution in [3.63, 3.8) is 0 Å². The molecule has 7 aromatic rings. The molecule has 0 spiro atoms. The molecule has 0 radical (unpaired) electrons. The van der Waals surface area contributed by atoms with Crippen LogP contribution < -0.4 is 0 Å². The average Bonchev–Trinajstić information content (AvgIpc) is 3.50. The zero-order chi connectivity index (χ0) is 29.8. The van der Waals surface area contributed by atoms with E-state index in [-0.39, 0.29) is 35.5 Å². The van der Waals surface area contributed by atoms with Gasteiger partial charge in [0.15, 0.2) is 0 Å². The molecule has 0 amide bonds. The number of nitrogens with zero attached hydrogens (tertiary/aromatic N) is 2. The van der Waals surface area contributed by atoms with Crippen LogP contribution in [0.15, 0.2) is 121 Å². The zero-order valence-corrected chi connectivity index (χ0v) is 16.7.